The summed E-state index contributed by atoms with van der Waals surface area (Å²) in [7, 11) is 0. The molecule has 0 atom stereocenters. The zero-order valence-electron chi connectivity index (χ0n) is 13.5. The highest BCUT2D eigenvalue weighted by Gasteiger charge is 2.12. The van der Waals surface area contributed by atoms with Gasteiger partial charge in [-0.1, -0.05) is 42.5 Å². The Labute approximate surface area is 149 Å². The van der Waals surface area contributed by atoms with E-state index in [0.717, 1.165) is 17.2 Å². The summed E-state index contributed by atoms with van der Waals surface area (Å²) < 4.78 is 0. The molecule has 0 radical (unpaired) electrons. The number of phenolic OH excluding ortho intramolecular Hbond substituents is 1. The molecule has 0 aliphatic heterocycles. The van der Waals surface area contributed by atoms with E-state index in [1.165, 1.54) is 12.1 Å². The summed E-state index contributed by atoms with van der Waals surface area (Å²) >= 11 is 0. The average molecular weight is 349 g/mol. The normalized spacial score (nSPS) is 10.2. The number of nitro benzene ring substituents is 1. The van der Waals surface area contributed by atoms with Crippen LogP contribution in [0.4, 0.5) is 21.9 Å². The lowest BCUT2D eigenvalue weighted by Gasteiger charge is -2.09. The quantitative estimate of drug-likeness (QED) is 0.363. The number of anilines is 2. The number of urea groups is 1. The molecular weight excluding hydrogens is 334 g/mol. The van der Waals surface area contributed by atoms with Gasteiger partial charge >= 0.3 is 6.03 Å². The number of nitrogens with zero attached hydrogens (tertiary/aromatic N) is 1. The largest absolute Gasteiger partial charge is 0.506 e. The second-order valence-electron chi connectivity index (χ2n) is 5.48. The average Bonchev–Trinajstić information content (AvgIpc) is 2.64. The highest BCUT2D eigenvalue weighted by Crippen LogP contribution is 2.28. The number of non-ortho nitro benzene ring substituents is 1. The molecule has 0 aliphatic rings. The number of nitrogens with one attached hydrogen (secondary N) is 2. The van der Waals surface area contributed by atoms with Gasteiger partial charge in [0.1, 0.15) is 5.75 Å². The lowest BCUT2D eigenvalue weighted by atomic mass is 10.1. The first-order chi connectivity index (χ1) is 12.5. The fourth-order valence-corrected chi connectivity index (χ4v) is 2.40. The Morgan fingerprint density at radius 3 is 2.15 bits per heavy atom. The minimum Gasteiger partial charge on any atom is -0.506 e. The van der Waals surface area contributed by atoms with Crippen molar-refractivity contribution < 1.29 is 14.8 Å². The van der Waals surface area contributed by atoms with Crippen LogP contribution in [-0.4, -0.2) is 16.1 Å². The third kappa shape index (κ3) is 3.96. The smallest absolute Gasteiger partial charge is 0.323 e. The molecular formula is C19H15N3O4. The fourth-order valence-electron chi connectivity index (χ4n) is 2.40. The van der Waals surface area contributed by atoms with Crippen LogP contribution in [0.2, 0.25) is 0 Å². The monoisotopic (exact) mass is 349 g/mol. The van der Waals surface area contributed by atoms with Crippen molar-refractivity contribution in [2.45, 2.75) is 0 Å². The number of amides is 2. The van der Waals surface area contributed by atoms with Gasteiger partial charge in [-0.05, 0) is 29.3 Å². The predicted octanol–water partition coefficient (Wildman–Crippen LogP) is 4.61. The molecule has 0 bridgehead atoms. The molecule has 0 heterocycles. The van der Waals surface area contributed by atoms with Crippen molar-refractivity contribution in [3.8, 4) is 16.9 Å². The summed E-state index contributed by atoms with van der Waals surface area (Å²) in [6.45, 7) is 0. The van der Waals surface area contributed by atoms with Crippen molar-refractivity contribution >= 4 is 23.1 Å². The standard InChI is InChI=1S/C19H15N3O4/c23-18-12-16(22(25)26)10-11-17(18)21-19(24)20-15-8-6-14(7-9-15)13-4-2-1-3-5-13/h1-12,23H,(H2,20,21,24). The number of carbonyl (C=O) groups is 1. The van der Waals surface area contributed by atoms with E-state index in [4.69, 9.17) is 0 Å². The maximum atomic E-state index is 12.0. The number of phenols is 1. The van der Waals surface area contributed by atoms with Gasteiger partial charge in [-0.3, -0.25) is 10.1 Å². The third-order valence-electron chi connectivity index (χ3n) is 3.69. The van der Waals surface area contributed by atoms with Gasteiger partial charge in [-0.15, -0.1) is 0 Å². The van der Waals surface area contributed by atoms with E-state index in [0.29, 0.717) is 5.69 Å². The summed E-state index contributed by atoms with van der Waals surface area (Å²) in [4.78, 5) is 22.1. The van der Waals surface area contributed by atoms with E-state index >= 15 is 0 Å². The van der Waals surface area contributed by atoms with Crippen molar-refractivity contribution in [2.75, 3.05) is 10.6 Å². The van der Waals surface area contributed by atoms with Gasteiger partial charge in [0.15, 0.2) is 0 Å². The number of carbonyl (C=O) groups excluding carboxylic acids is 1. The second-order valence-corrected chi connectivity index (χ2v) is 5.48. The Balaban J connectivity index is 1.66. The molecule has 3 N–H and O–H groups in total. The molecule has 3 rings (SSSR count). The van der Waals surface area contributed by atoms with Gasteiger partial charge < -0.3 is 15.7 Å². The van der Waals surface area contributed by atoms with E-state index in [9.17, 15) is 20.0 Å². The Bertz CT molecular complexity index is 941. The summed E-state index contributed by atoms with van der Waals surface area (Å²) in [5.74, 6) is -0.381. The topological polar surface area (TPSA) is 104 Å². The third-order valence-corrected chi connectivity index (χ3v) is 3.69. The van der Waals surface area contributed by atoms with E-state index in [1.54, 1.807) is 12.1 Å². The van der Waals surface area contributed by atoms with Crippen LogP contribution in [0.15, 0.2) is 72.8 Å². The number of hydrogen-bond acceptors (Lipinski definition) is 4. The van der Waals surface area contributed by atoms with E-state index in [2.05, 4.69) is 10.6 Å². The molecule has 26 heavy (non-hydrogen) atoms. The zero-order valence-corrected chi connectivity index (χ0v) is 13.5. The summed E-state index contributed by atoms with van der Waals surface area (Å²) in [6.07, 6.45) is 0. The SMILES string of the molecule is O=C(Nc1ccc(-c2ccccc2)cc1)Nc1ccc([N+](=O)[O-])cc1O. The molecule has 7 nitrogen and oxygen atoms in total. The Morgan fingerprint density at radius 2 is 1.54 bits per heavy atom. The first-order valence-electron chi connectivity index (χ1n) is 7.74. The first-order valence-corrected chi connectivity index (χ1v) is 7.74. The summed E-state index contributed by atoms with van der Waals surface area (Å²) in [5.41, 5.74) is 2.48. The maximum absolute atomic E-state index is 12.0. The lowest BCUT2D eigenvalue weighted by molar-refractivity contribution is -0.384. The highest BCUT2D eigenvalue weighted by atomic mass is 16.6. The first kappa shape index (κ1) is 17.0. The van der Waals surface area contributed by atoms with Crippen molar-refractivity contribution in [1.82, 2.24) is 0 Å². The molecule has 0 aromatic heterocycles. The second kappa shape index (κ2) is 7.35. The van der Waals surface area contributed by atoms with Gasteiger partial charge in [0.25, 0.3) is 5.69 Å². The van der Waals surface area contributed by atoms with Gasteiger partial charge in [0.2, 0.25) is 0 Å². The molecule has 0 spiro atoms. The summed E-state index contributed by atoms with van der Waals surface area (Å²) in [5, 5.41) is 25.5. The Hall–Kier alpha value is -3.87. The van der Waals surface area contributed by atoms with E-state index in [1.807, 2.05) is 42.5 Å². The Kier molecular flexibility index (Phi) is 4.80. The van der Waals surface area contributed by atoms with Gasteiger partial charge in [0, 0.05) is 11.8 Å². The number of nitro groups is 1. The van der Waals surface area contributed by atoms with Gasteiger partial charge in [-0.25, -0.2) is 4.79 Å². The molecule has 3 aromatic rings. The van der Waals surface area contributed by atoms with Crippen LogP contribution in [-0.2, 0) is 0 Å². The summed E-state index contributed by atoms with van der Waals surface area (Å²) in [6, 6.07) is 20.0. The molecule has 3 aromatic carbocycles. The van der Waals surface area contributed by atoms with Gasteiger partial charge in [0.05, 0.1) is 16.7 Å². The number of benzene rings is 3. The number of rotatable bonds is 4. The van der Waals surface area contributed by atoms with Crippen molar-refractivity contribution in [3.63, 3.8) is 0 Å². The number of hydrogen-bond donors (Lipinski definition) is 3. The van der Waals surface area contributed by atoms with Crippen LogP contribution in [0.3, 0.4) is 0 Å². The van der Waals surface area contributed by atoms with Crippen molar-refractivity contribution in [1.29, 1.82) is 0 Å². The zero-order chi connectivity index (χ0) is 18.5. The van der Waals surface area contributed by atoms with E-state index in [-0.39, 0.29) is 17.1 Å². The van der Waals surface area contributed by atoms with Crippen LogP contribution in [0, 0.1) is 10.1 Å². The molecule has 0 unspecified atom stereocenters. The Morgan fingerprint density at radius 1 is 0.885 bits per heavy atom. The van der Waals surface area contributed by atoms with Crippen LogP contribution < -0.4 is 10.6 Å². The molecule has 7 heteroatoms. The molecule has 0 saturated carbocycles. The lowest BCUT2D eigenvalue weighted by Crippen LogP contribution is -2.19. The van der Waals surface area contributed by atoms with Crippen LogP contribution in [0.5, 0.6) is 5.75 Å². The van der Waals surface area contributed by atoms with Crippen LogP contribution in [0.25, 0.3) is 11.1 Å². The number of aromatic hydroxyl groups is 1. The predicted molar refractivity (Wildman–Crippen MR) is 99.3 cm³/mol. The minimum atomic E-state index is -0.627. The highest BCUT2D eigenvalue weighted by molar-refractivity contribution is 6.00. The van der Waals surface area contributed by atoms with Crippen molar-refractivity contribution in [2.24, 2.45) is 0 Å². The van der Waals surface area contributed by atoms with Crippen LogP contribution >= 0.6 is 0 Å². The minimum absolute atomic E-state index is 0.0778. The van der Waals surface area contributed by atoms with Crippen LogP contribution in [0.1, 0.15) is 0 Å². The fraction of sp³-hybridized carbons (Fsp3) is 0. The van der Waals surface area contributed by atoms with Crippen molar-refractivity contribution in [3.05, 3.63) is 82.9 Å². The molecule has 0 saturated heterocycles. The van der Waals surface area contributed by atoms with Gasteiger partial charge in [-0.2, -0.15) is 0 Å². The molecule has 0 fully saturated rings. The molecule has 0 aliphatic carbocycles. The maximum Gasteiger partial charge on any atom is 0.323 e. The molecule has 130 valence electrons. The van der Waals surface area contributed by atoms with E-state index < -0.39 is 11.0 Å². The molecule has 2 amide bonds.